The molecular weight excluding hydrogens is 511 g/mol. The topological polar surface area (TPSA) is 66.5 Å². The molecule has 3 aromatic rings. The highest BCUT2D eigenvalue weighted by Crippen LogP contribution is 2.29. The van der Waals surface area contributed by atoms with Crippen molar-refractivity contribution in [3.8, 4) is 0 Å². The van der Waals surface area contributed by atoms with Crippen LogP contribution in [0.1, 0.15) is 17.5 Å². The number of hydrogen-bond acceptors (Lipinski definition) is 4. The number of carbonyl (C=O) groups is 1. The third-order valence-electron chi connectivity index (χ3n) is 5.05. The SMILES string of the molecule is Cc1ccc(S(=O)(=O)N(CC(=O)NCCCSc2ccc(Cl)cc2)c2ccc(Cl)cc2C)cc1. The standard InChI is InChI=1S/C25H26Cl2N2O3S2/c1-18-4-11-23(12-5-18)34(31,32)29(24-13-8-21(27)16-19(24)2)17-25(30)28-14-3-15-33-22-9-6-20(26)7-10-22/h4-13,16H,3,14-15,17H2,1-2H3,(H,28,30). The van der Waals surface area contributed by atoms with Gasteiger partial charge in [-0.15, -0.1) is 11.8 Å². The van der Waals surface area contributed by atoms with Crippen molar-refractivity contribution in [3.63, 3.8) is 0 Å². The Hall–Kier alpha value is -2.19. The summed E-state index contributed by atoms with van der Waals surface area (Å²) in [6.07, 6.45) is 0.740. The molecule has 0 aliphatic carbocycles. The van der Waals surface area contributed by atoms with Crippen LogP contribution in [0.3, 0.4) is 0 Å². The lowest BCUT2D eigenvalue weighted by molar-refractivity contribution is -0.119. The van der Waals surface area contributed by atoms with Gasteiger partial charge in [-0.1, -0.05) is 40.9 Å². The van der Waals surface area contributed by atoms with Gasteiger partial charge in [0.1, 0.15) is 6.54 Å². The first kappa shape index (κ1) is 26.4. The number of halogens is 2. The molecule has 3 rings (SSSR count). The fourth-order valence-corrected chi connectivity index (χ4v) is 5.93. The Labute approximate surface area is 215 Å². The molecule has 34 heavy (non-hydrogen) atoms. The number of hydrogen-bond donors (Lipinski definition) is 1. The molecule has 3 aromatic carbocycles. The number of sulfonamides is 1. The summed E-state index contributed by atoms with van der Waals surface area (Å²) in [6, 6.07) is 19.1. The Morgan fingerprint density at radius 2 is 1.59 bits per heavy atom. The number of carbonyl (C=O) groups excluding carboxylic acids is 1. The molecule has 0 saturated carbocycles. The maximum atomic E-state index is 13.5. The van der Waals surface area contributed by atoms with Crippen molar-refractivity contribution in [1.29, 1.82) is 0 Å². The molecule has 180 valence electrons. The monoisotopic (exact) mass is 536 g/mol. The van der Waals surface area contributed by atoms with Gasteiger partial charge in [-0.25, -0.2) is 8.42 Å². The fraction of sp³-hybridized carbons (Fsp3) is 0.240. The van der Waals surface area contributed by atoms with Gasteiger partial charge >= 0.3 is 0 Å². The zero-order valence-corrected chi connectivity index (χ0v) is 22.1. The highest BCUT2D eigenvalue weighted by atomic mass is 35.5. The number of nitrogens with zero attached hydrogens (tertiary/aromatic N) is 1. The van der Waals surface area contributed by atoms with Crippen LogP contribution in [0.2, 0.25) is 10.0 Å². The summed E-state index contributed by atoms with van der Waals surface area (Å²) < 4.78 is 28.1. The van der Waals surface area contributed by atoms with Gasteiger partial charge < -0.3 is 5.32 Å². The molecule has 0 radical (unpaired) electrons. The number of benzene rings is 3. The molecule has 1 amide bonds. The van der Waals surface area contributed by atoms with Crippen LogP contribution in [-0.4, -0.2) is 33.2 Å². The largest absolute Gasteiger partial charge is 0.354 e. The van der Waals surface area contributed by atoms with Crippen LogP contribution >= 0.6 is 35.0 Å². The van der Waals surface area contributed by atoms with Crippen LogP contribution in [-0.2, 0) is 14.8 Å². The van der Waals surface area contributed by atoms with Gasteiger partial charge in [0.15, 0.2) is 0 Å². The Bertz CT molecular complexity index is 1230. The second kappa shape index (κ2) is 12.0. The van der Waals surface area contributed by atoms with E-state index in [0.29, 0.717) is 27.8 Å². The predicted octanol–water partition coefficient (Wildman–Crippen LogP) is 6.10. The van der Waals surface area contributed by atoms with Crippen LogP contribution in [0.25, 0.3) is 0 Å². The van der Waals surface area contributed by atoms with Crippen molar-refractivity contribution >= 4 is 56.6 Å². The molecule has 0 fully saturated rings. The number of rotatable bonds is 10. The molecule has 0 aromatic heterocycles. The average Bonchev–Trinajstić information content (AvgIpc) is 2.79. The van der Waals surface area contributed by atoms with Crippen molar-refractivity contribution in [1.82, 2.24) is 5.32 Å². The van der Waals surface area contributed by atoms with Crippen molar-refractivity contribution in [2.24, 2.45) is 0 Å². The van der Waals surface area contributed by atoms with E-state index in [1.165, 1.54) is 0 Å². The Kier molecular flexibility index (Phi) is 9.31. The number of aryl methyl sites for hydroxylation is 2. The second-order valence-corrected chi connectivity index (χ2v) is 11.7. The highest BCUT2D eigenvalue weighted by Gasteiger charge is 2.28. The van der Waals surface area contributed by atoms with E-state index in [1.54, 1.807) is 61.2 Å². The molecule has 9 heteroatoms. The van der Waals surface area contributed by atoms with Crippen molar-refractivity contribution in [3.05, 3.63) is 87.9 Å². The summed E-state index contributed by atoms with van der Waals surface area (Å²) in [6.45, 7) is 3.77. The van der Waals surface area contributed by atoms with Gasteiger partial charge in [0, 0.05) is 21.5 Å². The molecule has 0 atom stereocenters. The first-order chi connectivity index (χ1) is 16.2. The van der Waals surface area contributed by atoms with Gasteiger partial charge in [-0.3, -0.25) is 9.10 Å². The van der Waals surface area contributed by atoms with E-state index in [1.807, 2.05) is 31.2 Å². The second-order valence-electron chi connectivity index (χ2n) is 7.76. The Balaban J connectivity index is 1.68. The van der Waals surface area contributed by atoms with E-state index < -0.39 is 10.0 Å². The van der Waals surface area contributed by atoms with Crippen LogP contribution in [0, 0.1) is 13.8 Å². The maximum Gasteiger partial charge on any atom is 0.264 e. The molecule has 0 spiro atoms. The molecular formula is C25H26Cl2N2O3S2. The minimum Gasteiger partial charge on any atom is -0.354 e. The predicted molar refractivity (Wildman–Crippen MR) is 142 cm³/mol. The minimum absolute atomic E-state index is 0.125. The molecule has 1 N–H and O–H groups in total. The molecule has 0 aliphatic rings. The third kappa shape index (κ3) is 7.15. The molecule has 0 saturated heterocycles. The van der Waals surface area contributed by atoms with Gasteiger partial charge in [-0.2, -0.15) is 0 Å². The van der Waals surface area contributed by atoms with Crippen LogP contribution in [0.4, 0.5) is 5.69 Å². The van der Waals surface area contributed by atoms with Gasteiger partial charge in [0.05, 0.1) is 10.6 Å². The molecule has 0 unspecified atom stereocenters. The van der Waals surface area contributed by atoms with Crippen molar-refractivity contribution in [2.45, 2.75) is 30.1 Å². The molecule has 0 bridgehead atoms. The molecule has 5 nitrogen and oxygen atoms in total. The van der Waals surface area contributed by atoms with Crippen molar-refractivity contribution < 1.29 is 13.2 Å². The van der Waals surface area contributed by atoms with Crippen molar-refractivity contribution in [2.75, 3.05) is 23.1 Å². The first-order valence-electron chi connectivity index (χ1n) is 10.7. The summed E-state index contributed by atoms with van der Waals surface area (Å²) in [5.41, 5.74) is 2.02. The lowest BCUT2D eigenvalue weighted by Gasteiger charge is -2.26. The van der Waals surface area contributed by atoms with E-state index in [4.69, 9.17) is 23.2 Å². The van der Waals surface area contributed by atoms with Gasteiger partial charge in [0.2, 0.25) is 5.91 Å². The van der Waals surface area contributed by atoms with Crippen LogP contribution in [0.5, 0.6) is 0 Å². The smallest absolute Gasteiger partial charge is 0.264 e. The number of thioether (sulfide) groups is 1. The fourth-order valence-electron chi connectivity index (χ4n) is 3.24. The van der Waals surface area contributed by atoms with E-state index in [-0.39, 0.29) is 17.3 Å². The summed E-state index contributed by atoms with van der Waals surface area (Å²) >= 11 is 13.6. The summed E-state index contributed by atoms with van der Waals surface area (Å²) in [5.74, 6) is 0.436. The maximum absolute atomic E-state index is 13.5. The molecule has 0 aliphatic heterocycles. The first-order valence-corrected chi connectivity index (χ1v) is 13.9. The lowest BCUT2D eigenvalue weighted by Crippen LogP contribution is -2.41. The number of nitrogens with one attached hydrogen (secondary N) is 1. The van der Waals surface area contributed by atoms with Gasteiger partial charge in [-0.05, 0) is 86.2 Å². The zero-order valence-electron chi connectivity index (χ0n) is 18.9. The summed E-state index contributed by atoms with van der Waals surface area (Å²) in [7, 11) is -3.96. The zero-order chi connectivity index (χ0) is 24.7. The van der Waals surface area contributed by atoms with Crippen LogP contribution < -0.4 is 9.62 Å². The van der Waals surface area contributed by atoms with E-state index in [2.05, 4.69) is 5.32 Å². The quantitative estimate of drug-likeness (QED) is 0.251. The lowest BCUT2D eigenvalue weighted by atomic mass is 10.2. The minimum atomic E-state index is -3.96. The van der Waals surface area contributed by atoms with E-state index >= 15 is 0 Å². The summed E-state index contributed by atoms with van der Waals surface area (Å²) in [5, 5.41) is 4.03. The third-order valence-corrected chi connectivity index (χ3v) is 8.41. The number of anilines is 1. The normalized spacial score (nSPS) is 11.3. The average molecular weight is 538 g/mol. The van der Waals surface area contributed by atoms with E-state index in [0.717, 1.165) is 26.9 Å². The highest BCUT2D eigenvalue weighted by molar-refractivity contribution is 7.99. The van der Waals surface area contributed by atoms with Gasteiger partial charge in [0.25, 0.3) is 10.0 Å². The molecule has 0 heterocycles. The summed E-state index contributed by atoms with van der Waals surface area (Å²) in [4.78, 5) is 14.0. The number of amides is 1. The Morgan fingerprint density at radius 3 is 2.24 bits per heavy atom. The van der Waals surface area contributed by atoms with Crippen LogP contribution in [0.15, 0.2) is 76.5 Å². The Morgan fingerprint density at radius 1 is 0.941 bits per heavy atom. The van der Waals surface area contributed by atoms with E-state index in [9.17, 15) is 13.2 Å².